The minimum Gasteiger partial charge on any atom is -0.358 e. The summed E-state index contributed by atoms with van der Waals surface area (Å²) in [6, 6.07) is 8.90. The van der Waals surface area contributed by atoms with E-state index in [1.54, 1.807) is 18.2 Å². The van der Waals surface area contributed by atoms with Crippen LogP contribution in [0.2, 0.25) is 0 Å². The van der Waals surface area contributed by atoms with Gasteiger partial charge in [-0.2, -0.15) is 0 Å². The van der Waals surface area contributed by atoms with E-state index in [-0.39, 0.29) is 0 Å². The molecule has 3 heteroatoms. The third-order valence-electron chi connectivity index (χ3n) is 2.84. The molecule has 0 unspecified atom stereocenters. The van der Waals surface area contributed by atoms with Gasteiger partial charge >= 0.3 is 0 Å². The molecule has 0 spiro atoms. The first-order chi connectivity index (χ1) is 7.68. The fraction of sp³-hybridized carbons (Fsp3) is 0.0769. The largest absolute Gasteiger partial charge is 0.358 e. The van der Waals surface area contributed by atoms with Crippen molar-refractivity contribution < 1.29 is 9.59 Å². The smallest absolute Gasteiger partial charge is 0.235 e. The number of ketones is 2. The summed E-state index contributed by atoms with van der Waals surface area (Å²) in [6.07, 6.45) is 0. The van der Waals surface area contributed by atoms with Crippen molar-refractivity contribution in [1.29, 1.82) is 0 Å². The number of hydrogen-bond acceptors (Lipinski definition) is 2. The van der Waals surface area contributed by atoms with E-state index in [2.05, 4.69) is 4.98 Å². The summed E-state index contributed by atoms with van der Waals surface area (Å²) in [5, 5.41) is 0. The lowest BCUT2D eigenvalue weighted by Gasteiger charge is -2.13. The van der Waals surface area contributed by atoms with Crippen LogP contribution in [0.4, 0.5) is 0 Å². The number of aromatic amines is 1. The molecule has 78 valence electrons. The molecular weight excluding hydrogens is 202 g/mol. The Morgan fingerprint density at radius 2 is 1.56 bits per heavy atom. The molecular formula is C13H9NO2. The van der Waals surface area contributed by atoms with Gasteiger partial charge in [0.2, 0.25) is 11.6 Å². The summed E-state index contributed by atoms with van der Waals surface area (Å²) in [5.74, 6) is -0.833. The zero-order valence-electron chi connectivity index (χ0n) is 8.70. The second kappa shape index (κ2) is 2.92. The van der Waals surface area contributed by atoms with Crippen LogP contribution in [-0.4, -0.2) is 16.6 Å². The molecule has 1 aromatic heterocycles. The summed E-state index contributed by atoms with van der Waals surface area (Å²) in [5.41, 5.74) is 3.44. The second-order valence-electron chi connectivity index (χ2n) is 3.94. The molecule has 0 saturated carbocycles. The first-order valence-electron chi connectivity index (χ1n) is 5.06. The maximum Gasteiger partial charge on any atom is 0.235 e. The summed E-state index contributed by atoms with van der Waals surface area (Å²) in [7, 11) is 0. The minimum absolute atomic E-state index is 0.415. The highest BCUT2D eigenvalue weighted by atomic mass is 16.2. The Hall–Kier alpha value is -2.16. The molecule has 1 N–H and O–H groups in total. The highest BCUT2D eigenvalue weighted by molar-refractivity contribution is 6.52. The lowest BCUT2D eigenvalue weighted by atomic mass is 9.88. The third-order valence-corrected chi connectivity index (χ3v) is 2.84. The second-order valence-corrected chi connectivity index (χ2v) is 3.94. The van der Waals surface area contributed by atoms with Gasteiger partial charge in [0.1, 0.15) is 0 Å². The first kappa shape index (κ1) is 9.09. The van der Waals surface area contributed by atoms with Crippen LogP contribution in [0.25, 0.3) is 11.3 Å². The SMILES string of the molecule is Cc1cc2c([nH]1)-c1ccccc1C(=O)C2=O. The normalized spacial score (nSPS) is 13.6. The number of carbonyl (C=O) groups is 2. The van der Waals surface area contributed by atoms with Gasteiger partial charge in [-0.3, -0.25) is 9.59 Å². The monoisotopic (exact) mass is 211 g/mol. The van der Waals surface area contributed by atoms with E-state index >= 15 is 0 Å². The number of hydrogen-bond donors (Lipinski definition) is 1. The molecule has 1 heterocycles. The molecule has 3 nitrogen and oxygen atoms in total. The summed E-state index contributed by atoms with van der Waals surface area (Å²) in [6.45, 7) is 1.87. The summed E-state index contributed by atoms with van der Waals surface area (Å²) < 4.78 is 0. The van der Waals surface area contributed by atoms with Gasteiger partial charge in [0.25, 0.3) is 0 Å². The van der Waals surface area contributed by atoms with Gasteiger partial charge in [-0.05, 0) is 13.0 Å². The van der Waals surface area contributed by atoms with Gasteiger partial charge in [-0.25, -0.2) is 0 Å². The van der Waals surface area contributed by atoms with Crippen molar-refractivity contribution in [3.8, 4) is 11.3 Å². The predicted octanol–water partition coefficient (Wildman–Crippen LogP) is 2.37. The van der Waals surface area contributed by atoms with Crippen LogP contribution < -0.4 is 0 Å². The minimum atomic E-state index is -0.418. The standard InChI is InChI=1S/C13H9NO2/c1-7-6-10-11(14-7)8-4-2-3-5-9(8)12(15)13(10)16/h2-6,14H,1H3. The number of nitrogens with one attached hydrogen (secondary N) is 1. The molecule has 0 saturated heterocycles. The lowest BCUT2D eigenvalue weighted by molar-refractivity contribution is 0.0815. The molecule has 0 atom stereocenters. The maximum absolute atomic E-state index is 11.8. The summed E-state index contributed by atoms with van der Waals surface area (Å²) in [4.78, 5) is 26.8. The van der Waals surface area contributed by atoms with Crippen molar-refractivity contribution in [3.63, 3.8) is 0 Å². The Balaban J connectivity index is 2.41. The number of fused-ring (bicyclic) bond motifs is 3. The molecule has 1 aliphatic rings. The first-order valence-corrected chi connectivity index (χ1v) is 5.06. The van der Waals surface area contributed by atoms with Crippen LogP contribution in [-0.2, 0) is 0 Å². The van der Waals surface area contributed by atoms with Crippen molar-refractivity contribution >= 4 is 11.6 Å². The fourth-order valence-corrected chi connectivity index (χ4v) is 2.12. The lowest BCUT2D eigenvalue weighted by Crippen LogP contribution is -2.20. The van der Waals surface area contributed by atoms with Gasteiger partial charge in [0, 0.05) is 16.8 Å². The quantitative estimate of drug-likeness (QED) is 0.680. The average Bonchev–Trinajstić information content (AvgIpc) is 2.68. The Bertz CT molecular complexity index is 623. The number of Topliss-reactive ketones (excluding diaryl/α,β-unsaturated/α-hetero) is 2. The van der Waals surface area contributed by atoms with E-state index in [0.717, 1.165) is 17.0 Å². The molecule has 0 fully saturated rings. The Morgan fingerprint density at radius 1 is 0.938 bits per heavy atom. The maximum atomic E-state index is 11.8. The number of aromatic nitrogens is 1. The van der Waals surface area contributed by atoms with E-state index in [4.69, 9.17) is 0 Å². The number of H-pyrrole nitrogens is 1. The zero-order valence-corrected chi connectivity index (χ0v) is 8.70. The van der Waals surface area contributed by atoms with Crippen molar-refractivity contribution in [2.75, 3.05) is 0 Å². The van der Waals surface area contributed by atoms with Gasteiger partial charge in [0.15, 0.2) is 0 Å². The highest BCUT2D eigenvalue weighted by Gasteiger charge is 2.31. The van der Waals surface area contributed by atoms with Gasteiger partial charge in [-0.1, -0.05) is 24.3 Å². The van der Waals surface area contributed by atoms with Crippen LogP contribution in [0.3, 0.4) is 0 Å². The molecule has 3 rings (SSSR count). The van der Waals surface area contributed by atoms with Crippen molar-refractivity contribution in [1.82, 2.24) is 4.98 Å². The fourth-order valence-electron chi connectivity index (χ4n) is 2.12. The molecule has 0 amide bonds. The molecule has 2 aromatic rings. The molecule has 1 aromatic carbocycles. The molecule has 0 bridgehead atoms. The molecule has 0 radical (unpaired) electrons. The highest BCUT2D eigenvalue weighted by Crippen LogP contribution is 2.32. The number of rotatable bonds is 0. The van der Waals surface area contributed by atoms with Crippen LogP contribution in [0.5, 0.6) is 0 Å². The van der Waals surface area contributed by atoms with Gasteiger partial charge in [-0.15, -0.1) is 0 Å². The Morgan fingerprint density at radius 3 is 2.31 bits per heavy atom. The van der Waals surface area contributed by atoms with E-state index < -0.39 is 11.6 Å². The predicted molar refractivity (Wildman–Crippen MR) is 59.6 cm³/mol. The van der Waals surface area contributed by atoms with Gasteiger partial charge in [0.05, 0.1) is 11.3 Å². The third kappa shape index (κ3) is 1.03. The van der Waals surface area contributed by atoms with Gasteiger partial charge < -0.3 is 4.98 Å². The summed E-state index contributed by atoms with van der Waals surface area (Å²) >= 11 is 0. The van der Waals surface area contributed by atoms with Crippen molar-refractivity contribution in [2.24, 2.45) is 0 Å². The van der Waals surface area contributed by atoms with E-state index in [0.29, 0.717) is 11.1 Å². The van der Waals surface area contributed by atoms with Crippen molar-refractivity contribution in [2.45, 2.75) is 6.92 Å². The van der Waals surface area contributed by atoms with Crippen LogP contribution in [0.1, 0.15) is 26.4 Å². The van der Waals surface area contributed by atoms with Crippen LogP contribution in [0.15, 0.2) is 30.3 Å². The zero-order chi connectivity index (χ0) is 11.3. The Kier molecular flexibility index (Phi) is 1.66. The van der Waals surface area contributed by atoms with Crippen LogP contribution in [0, 0.1) is 6.92 Å². The topological polar surface area (TPSA) is 49.9 Å². The number of benzene rings is 1. The molecule has 16 heavy (non-hydrogen) atoms. The van der Waals surface area contributed by atoms with E-state index in [1.165, 1.54) is 0 Å². The molecule has 1 aliphatic carbocycles. The number of carbonyl (C=O) groups excluding carboxylic acids is 2. The Labute approximate surface area is 92.1 Å². The van der Waals surface area contributed by atoms with Crippen LogP contribution >= 0.6 is 0 Å². The van der Waals surface area contributed by atoms with Crippen molar-refractivity contribution in [3.05, 3.63) is 47.2 Å². The molecule has 0 aliphatic heterocycles. The average molecular weight is 211 g/mol. The number of aryl methyl sites for hydroxylation is 1. The van der Waals surface area contributed by atoms with E-state index in [9.17, 15) is 9.59 Å². The van der Waals surface area contributed by atoms with E-state index in [1.807, 2.05) is 19.1 Å².